The van der Waals surface area contributed by atoms with E-state index in [2.05, 4.69) is 20.2 Å². The standard InChI is InChI=1S/C19H20FIN4O/c1-10-6-11(2)24-19(23-10)25-8-12-7-22-17(14(12)9-25)18(26)13-4-3-5-15(20)16(13)21/h3-6,12,14,17,22H,7-9H2,1-2H3. The van der Waals surface area contributed by atoms with Crippen LogP contribution in [-0.4, -0.2) is 41.4 Å². The Kier molecular flexibility index (Phi) is 4.68. The molecule has 26 heavy (non-hydrogen) atoms. The van der Waals surface area contributed by atoms with Crippen LogP contribution in [0.2, 0.25) is 0 Å². The monoisotopic (exact) mass is 466 g/mol. The zero-order valence-electron chi connectivity index (χ0n) is 14.7. The van der Waals surface area contributed by atoms with Crippen molar-refractivity contribution in [2.24, 2.45) is 11.8 Å². The Morgan fingerprint density at radius 1 is 1.27 bits per heavy atom. The molecule has 1 aromatic carbocycles. The minimum absolute atomic E-state index is 0.0235. The van der Waals surface area contributed by atoms with E-state index in [1.54, 1.807) is 12.1 Å². The Bertz CT molecular complexity index is 854. The van der Waals surface area contributed by atoms with Crippen LogP contribution < -0.4 is 10.2 Å². The first-order valence-corrected chi connectivity index (χ1v) is 9.81. The highest BCUT2D eigenvalue weighted by Crippen LogP contribution is 2.34. The molecule has 3 heterocycles. The van der Waals surface area contributed by atoms with E-state index in [-0.39, 0.29) is 23.6 Å². The van der Waals surface area contributed by atoms with Crippen molar-refractivity contribution in [3.63, 3.8) is 0 Å². The van der Waals surface area contributed by atoms with E-state index in [0.717, 1.165) is 37.0 Å². The Labute approximate surface area is 165 Å². The van der Waals surface area contributed by atoms with Gasteiger partial charge in [0.25, 0.3) is 0 Å². The van der Waals surface area contributed by atoms with Crippen LogP contribution in [-0.2, 0) is 0 Å². The number of hydrogen-bond acceptors (Lipinski definition) is 5. The van der Waals surface area contributed by atoms with Gasteiger partial charge in [0.15, 0.2) is 5.78 Å². The maximum Gasteiger partial charge on any atom is 0.225 e. The number of nitrogens with zero attached hydrogens (tertiary/aromatic N) is 3. The Morgan fingerprint density at radius 2 is 2.00 bits per heavy atom. The molecule has 2 fully saturated rings. The van der Waals surface area contributed by atoms with Gasteiger partial charge in [-0.2, -0.15) is 0 Å². The number of benzene rings is 1. The maximum atomic E-state index is 13.8. The summed E-state index contributed by atoms with van der Waals surface area (Å²) in [5.41, 5.74) is 2.36. The SMILES string of the molecule is Cc1cc(C)nc(N2CC3CNC(C(=O)c4cccc(F)c4I)C3C2)n1. The third kappa shape index (κ3) is 3.11. The lowest BCUT2D eigenvalue weighted by Gasteiger charge is -2.21. The highest BCUT2D eigenvalue weighted by molar-refractivity contribution is 14.1. The van der Waals surface area contributed by atoms with Crippen LogP contribution in [0.1, 0.15) is 21.7 Å². The molecule has 2 aliphatic rings. The summed E-state index contributed by atoms with van der Waals surface area (Å²) in [6, 6.07) is 6.37. The molecular formula is C19H20FIN4O. The normalized spacial score (nSPS) is 24.8. The number of hydrogen-bond donors (Lipinski definition) is 1. The summed E-state index contributed by atoms with van der Waals surface area (Å²) < 4.78 is 14.2. The van der Waals surface area contributed by atoms with E-state index >= 15 is 0 Å². The molecule has 3 unspecified atom stereocenters. The molecule has 2 saturated heterocycles. The number of carbonyl (C=O) groups excluding carboxylic acids is 1. The van der Waals surface area contributed by atoms with Crippen molar-refractivity contribution >= 4 is 34.3 Å². The fourth-order valence-electron chi connectivity index (χ4n) is 4.08. The molecule has 3 atom stereocenters. The van der Waals surface area contributed by atoms with Crippen LogP contribution in [0.25, 0.3) is 0 Å². The topological polar surface area (TPSA) is 58.1 Å². The van der Waals surface area contributed by atoms with E-state index < -0.39 is 0 Å². The van der Waals surface area contributed by atoms with Crippen LogP contribution in [0.3, 0.4) is 0 Å². The molecule has 1 aromatic heterocycles. The van der Waals surface area contributed by atoms with E-state index in [4.69, 9.17) is 0 Å². The molecule has 1 N–H and O–H groups in total. The number of Topliss-reactive ketones (excluding diaryl/α,β-unsaturated/α-hetero) is 1. The van der Waals surface area contributed by atoms with Gasteiger partial charge >= 0.3 is 0 Å². The molecule has 2 aliphatic heterocycles. The summed E-state index contributed by atoms with van der Waals surface area (Å²) in [6.07, 6.45) is 0. The van der Waals surface area contributed by atoms with Gasteiger partial charge in [-0.3, -0.25) is 4.79 Å². The lowest BCUT2D eigenvalue weighted by atomic mass is 9.89. The van der Waals surface area contributed by atoms with Crippen molar-refractivity contribution in [3.05, 3.63) is 50.6 Å². The second-order valence-corrected chi connectivity index (χ2v) is 8.21. The zero-order valence-corrected chi connectivity index (χ0v) is 16.8. The molecule has 4 rings (SSSR count). The van der Waals surface area contributed by atoms with Crippen LogP contribution in [0.5, 0.6) is 0 Å². The molecule has 0 saturated carbocycles. The highest BCUT2D eigenvalue weighted by atomic mass is 127. The average molecular weight is 466 g/mol. The van der Waals surface area contributed by atoms with Crippen molar-refractivity contribution in [1.29, 1.82) is 0 Å². The first-order valence-electron chi connectivity index (χ1n) is 8.73. The predicted octanol–water partition coefficient (Wildman–Crippen LogP) is 2.74. The van der Waals surface area contributed by atoms with Gasteiger partial charge in [-0.05, 0) is 54.5 Å². The molecule has 136 valence electrons. The molecular weight excluding hydrogens is 446 g/mol. The Morgan fingerprint density at radius 3 is 2.73 bits per heavy atom. The number of ketones is 1. The molecule has 7 heteroatoms. The Balaban J connectivity index is 1.56. The summed E-state index contributed by atoms with van der Waals surface area (Å²) >= 11 is 1.91. The van der Waals surface area contributed by atoms with Gasteiger partial charge in [0.1, 0.15) is 5.82 Å². The third-order valence-corrected chi connectivity index (χ3v) is 6.37. The first kappa shape index (κ1) is 17.8. The van der Waals surface area contributed by atoms with Crippen LogP contribution in [0.15, 0.2) is 24.3 Å². The van der Waals surface area contributed by atoms with Crippen LogP contribution in [0.4, 0.5) is 10.3 Å². The van der Waals surface area contributed by atoms with E-state index in [1.807, 2.05) is 42.5 Å². The first-order chi connectivity index (χ1) is 12.4. The average Bonchev–Trinajstić information content (AvgIpc) is 3.16. The number of rotatable bonds is 3. The van der Waals surface area contributed by atoms with Crippen molar-refractivity contribution in [3.8, 4) is 0 Å². The van der Waals surface area contributed by atoms with Gasteiger partial charge in [-0.1, -0.05) is 12.1 Å². The molecule has 2 aromatic rings. The maximum absolute atomic E-state index is 13.8. The van der Waals surface area contributed by atoms with Crippen LogP contribution >= 0.6 is 22.6 Å². The number of aryl methyl sites for hydroxylation is 2. The van der Waals surface area contributed by atoms with Gasteiger partial charge in [-0.15, -0.1) is 0 Å². The number of anilines is 1. The number of carbonyl (C=O) groups is 1. The number of fused-ring (bicyclic) bond motifs is 1. The third-order valence-electron chi connectivity index (χ3n) is 5.27. The summed E-state index contributed by atoms with van der Waals surface area (Å²) in [6.45, 7) is 6.30. The van der Waals surface area contributed by atoms with Crippen molar-refractivity contribution in [1.82, 2.24) is 15.3 Å². The zero-order chi connectivity index (χ0) is 18.4. The van der Waals surface area contributed by atoms with Gasteiger partial charge in [0.05, 0.1) is 9.61 Å². The molecule has 0 amide bonds. The summed E-state index contributed by atoms with van der Waals surface area (Å²) in [5.74, 6) is 0.932. The highest BCUT2D eigenvalue weighted by Gasteiger charge is 2.46. The molecule has 0 radical (unpaired) electrons. The fraction of sp³-hybridized carbons (Fsp3) is 0.421. The smallest absolute Gasteiger partial charge is 0.225 e. The lowest BCUT2D eigenvalue weighted by molar-refractivity contribution is 0.0929. The van der Waals surface area contributed by atoms with Crippen molar-refractivity contribution in [2.45, 2.75) is 19.9 Å². The summed E-state index contributed by atoms with van der Waals surface area (Å²) in [4.78, 5) is 24.3. The minimum Gasteiger partial charge on any atom is -0.340 e. The molecule has 0 aliphatic carbocycles. The number of nitrogens with one attached hydrogen (secondary N) is 1. The molecule has 0 spiro atoms. The minimum atomic E-state index is -0.345. The summed E-state index contributed by atoms with van der Waals surface area (Å²) in [5, 5.41) is 3.36. The largest absolute Gasteiger partial charge is 0.340 e. The fourth-order valence-corrected chi connectivity index (χ4v) is 4.71. The van der Waals surface area contributed by atoms with Crippen molar-refractivity contribution in [2.75, 3.05) is 24.5 Å². The second kappa shape index (κ2) is 6.84. The summed E-state index contributed by atoms with van der Waals surface area (Å²) in [7, 11) is 0. The quantitative estimate of drug-likeness (QED) is 0.557. The molecule has 5 nitrogen and oxygen atoms in total. The van der Waals surface area contributed by atoms with E-state index in [0.29, 0.717) is 15.1 Å². The lowest BCUT2D eigenvalue weighted by Crippen LogP contribution is -2.39. The second-order valence-electron chi connectivity index (χ2n) is 7.13. The Hall–Kier alpha value is -1.61. The van der Waals surface area contributed by atoms with Gasteiger partial charge in [-0.25, -0.2) is 14.4 Å². The number of halogens is 2. The van der Waals surface area contributed by atoms with E-state index in [9.17, 15) is 9.18 Å². The van der Waals surface area contributed by atoms with Crippen LogP contribution in [0, 0.1) is 35.1 Å². The van der Waals surface area contributed by atoms with E-state index in [1.165, 1.54) is 6.07 Å². The molecule has 0 bridgehead atoms. The van der Waals surface area contributed by atoms with Gasteiger partial charge in [0, 0.05) is 42.5 Å². The van der Waals surface area contributed by atoms with Crippen molar-refractivity contribution < 1.29 is 9.18 Å². The number of aromatic nitrogens is 2. The van der Waals surface area contributed by atoms with Gasteiger partial charge < -0.3 is 10.2 Å². The van der Waals surface area contributed by atoms with Gasteiger partial charge in [0.2, 0.25) is 5.95 Å². The predicted molar refractivity (Wildman–Crippen MR) is 106 cm³/mol.